The number of amides is 3. The number of rotatable bonds is 3. The summed E-state index contributed by atoms with van der Waals surface area (Å²) in [5.74, 6) is -0.541. The molecule has 7 N–H and O–H groups in total. The molecule has 0 bridgehead atoms. The number of urea groups is 1. The lowest BCUT2D eigenvalue weighted by Gasteiger charge is -2.38. The number of hydrogen-bond acceptors (Lipinski definition) is 6. The third-order valence-corrected chi connectivity index (χ3v) is 5.87. The molecule has 1 aromatic carbocycles. The van der Waals surface area contributed by atoms with Crippen molar-refractivity contribution in [3.63, 3.8) is 0 Å². The van der Waals surface area contributed by atoms with Gasteiger partial charge in [0, 0.05) is 26.2 Å². The second-order valence-corrected chi connectivity index (χ2v) is 8.15. The van der Waals surface area contributed by atoms with Crippen molar-refractivity contribution in [2.45, 2.75) is 24.9 Å². The lowest BCUT2D eigenvalue weighted by Crippen LogP contribution is -2.55. The zero-order valence-corrected chi connectivity index (χ0v) is 18.0. The number of carbonyl (C=O) groups excluding carboxylic acids is 2. The van der Waals surface area contributed by atoms with Gasteiger partial charge < -0.3 is 32.3 Å². The van der Waals surface area contributed by atoms with Crippen LogP contribution in [0.25, 0.3) is 0 Å². The second kappa shape index (κ2) is 8.87. The molecule has 168 valence electrons. The van der Waals surface area contributed by atoms with Crippen LogP contribution in [0.1, 0.15) is 28.9 Å². The van der Waals surface area contributed by atoms with Gasteiger partial charge in [0.05, 0.1) is 5.54 Å². The molecule has 32 heavy (non-hydrogen) atoms. The number of anilines is 2. The summed E-state index contributed by atoms with van der Waals surface area (Å²) in [7, 11) is 0. The zero-order valence-electron chi connectivity index (χ0n) is 17.3. The van der Waals surface area contributed by atoms with Crippen molar-refractivity contribution in [1.82, 2.24) is 30.8 Å². The van der Waals surface area contributed by atoms with Crippen LogP contribution < -0.4 is 27.4 Å². The molecule has 2 saturated heterocycles. The van der Waals surface area contributed by atoms with Crippen LogP contribution in [0.4, 0.5) is 16.4 Å². The van der Waals surface area contributed by atoms with E-state index in [9.17, 15) is 9.59 Å². The minimum absolute atomic E-state index is 0.0518. The monoisotopic (exact) mass is 457 g/mol. The van der Waals surface area contributed by atoms with Crippen LogP contribution in [-0.4, -0.2) is 57.9 Å². The van der Waals surface area contributed by atoms with E-state index in [4.69, 9.17) is 23.1 Å². The van der Waals surface area contributed by atoms with Gasteiger partial charge in [0.15, 0.2) is 28.4 Å². The fourth-order valence-corrected chi connectivity index (χ4v) is 3.87. The Morgan fingerprint density at radius 3 is 2.59 bits per heavy atom. The van der Waals surface area contributed by atoms with Crippen molar-refractivity contribution >= 4 is 41.1 Å². The number of aliphatic imine (C=N–C) groups is 1. The number of halogens is 1. The van der Waals surface area contributed by atoms with Crippen molar-refractivity contribution in [2.75, 3.05) is 31.1 Å². The highest BCUT2D eigenvalue weighted by molar-refractivity contribution is 6.31. The quantitative estimate of drug-likeness (QED) is 0.450. The van der Waals surface area contributed by atoms with Crippen molar-refractivity contribution in [2.24, 2.45) is 4.99 Å². The lowest BCUT2D eigenvalue weighted by atomic mass is 9.89. The molecular weight excluding hydrogens is 434 g/mol. The van der Waals surface area contributed by atoms with Crippen LogP contribution in [0, 0.1) is 0 Å². The van der Waals surface area contributed by atoms with E-state index >= 15 is 0 Å². The van der Waals surface area contributed by atoms with Crippen LogP contribution in [0.15, 0.2) is 35.3 Å². The minimum atomic E-state index is -0.679. The fourth-order valence-electron chi connectivity index (χ4n) is 3.74. The molecule has 0 aliphatic carbocycles. The van der Waals surface area contributed by atoms with Crippen molar-refractivity contribution < 1.29 is 9.59 Å². The summed E-state index contributed by atoms with van der Waals surface area (Å²) in [6.07, 6.45) is 1.42. The first-order valence-corrected chi connectivity index (χ1v) is 10.5. The Balaban J connectivity index is 1.32. The number of nitrogens with zero attached hydrogens (tertiary/aromatic N) is 4. The summed E-state index contributed by atoms with van der Waals surface area (Å²) in [6, 6.07) is 9.68. The van der Waals surface area contributed by atoms with Gasteiger partial charge in [-0.1, -0.05) is 41.9 Å². The smallest absolute Gasteiger partial charge is 0.317 e. The van der Waals surface area contributed by atoms with Gasteiger partial charge in [0.1, 0.15) is 0 Å². The molecule has 11 nitrogen and oxygen atoms in total. The highest BCUT2D eigenvalue weighted by Gasteiger charge is 2.40. The molecule has 4 rings (SSSR count). The molecule has 2 fully saturated rings. The molecule has 0 saturated carbocycles. The first-order chi connectivity index (χ1) is 15.3. The Hall–Kier alpha value is -3.60. The number of piperidine rings is 1. The Kier molecular flexibility index (Phi) is 5.99. The summed E-state index contributed by atoms with van der Waals surface area (Å²) in [5, 5.41) is 9.23. The molecule has 0 unspecified atom stereocenters. The maximum Gasteiger partial charge on any atom is 0.317 e. The number of guanidine groups is 1. The Bertz CT molecular complexity index is 1050. The average Bonchev–Trinajstić information content (AvgIpc) is 3.17. The van der Waals surface area contributed by atoms with Crippen LogP contribution in [0.5, 0.6) is 0 Å². The number of aromatic nitrogens is 2. The average molecular weight is 458 g/mol. The summed E-state index contributed by atoms with van der Waals surface area (Å²) in [5.41, 5.74) is 11.9. The number of likely N-dealkylation sites (tertiary alicyclic amines) is 1. The third-order valence-electron chi connectivity index (χ3n) is 5.59. The van der Waals surface area contributed by atoms with Gasteiger partial charge in [-0.15, -0.1) is 0 Å². The van der Waals surface area contributed by atoms with Crippen LogP contribution in [-0.2, 0) is 6.54 Å². The molecule has 0 atom stereocenters. The summed E-state index contributed by atoms with van der Waals surface area (Å²) < 4.78 is 0. The third kappa shape index (κ3) is 4.67. The first kappa shape index (κ1) is 21.6. The van der Waals surface area contributed by atoms with E-state index in [1.165, 1.54) is 0 Å². The lowest BCUT2D eigenvalue weighted by molar-refractivity contribution is 0.0998. The van der Waals surface area contributed by atoms with Gasteiger partial charge >= 0.3 is 11.9 Å². The second-order valence-electron chi connectivity index (χ2n) is 7.79. The van der Waals surface area contributed by atoms with Crippen LogP contribution >= 0.6 is 11.6 Å². The highest BCUT2D eigenvalue weighted by Crippen LogP contribution is 2.25. The molecule has 2 aromatic rings. The van der Waals surface area contributed by atoms with Gasteiger partial charge in [-0.3, -0.25) is 4.79 Å². The number of carbonyl (C=O) groups is 2. The predicted molar refractivity (Wildman–Crippen MR) is 121 cm³/mol. The molecule has 1 spiro atoms. The van der Waals surface area contributed by atoms with Crippen molar-refractivity contribution in [1.29, 1.82) is 0 Å². The van der Waals surface area contributed by atoms with Crippen molar-refractivity contribution in [3.05, 3.63) is 46.7 Å². The Morgan fingerprint density at radius 1 is 1.16 bits per heavy atom. The van der Waals surface area contributed by atoms with Crippen molar-refractivity contribution in [3.8, 4) is 0 Å². The Morgan fingerprint density at radius 2 is 1.88 bits per heavy atom. The topological polar surface area (TPSA) is 164 Å². The molecule has 0 radical (unpaired) electrons. The van der Waals surface area contributed by atoms with E-state index in [0.717, 1.165) is 5.56 Å². The largest absolute Gasteiger partial charge is 0.382 e. The number of nitrogens with two attached hydrogens (primary N) is 2. The van der Waals surface area contributed by atoms with E-state index in [0.29, 0.717) is 45.0 Å². The fraction of sp³-hybridized carbons (Fsp3) is 0.350. The maximum atomic E-state index is 12.5. The van der Waals surface area contributed by atoms with E-state index < -0.39 is 5.91 Å². The Labute approximate surface area is 189 Å². The van der Waals surface area contributed by atoms with E-state index in [2.05, 4.69) is 30.9 Å². The van der Waals surface area contributed by atoms with Gasteiger partial charge in [-0.25, -0.2) is 14.8 Å². The van der Waals surface area contributed by atoms with Gasteiger partial charge in [0.2, 0.25) is 0 Å². The SMILES string of the molecule is Nc1nc(N)c(C(=O)/N=C2\NCC3(CCN(C(=O)NCc4ccccc4)CC3)N2)nc1Cl. The molecule has 1 aromatic heterocycles. The molecule has 12 heteroatoms. The number of hydrogen-bond donors (Lipinski definition) is 5. The maximum absolute atomic E-state index is 12.5. The number of benzene rings is 1. The van der Waals surface area contributed by atoms with E-state index in [-0.39, 0.29) is 34.1 Å². The highest BCUT2D eigenvalue weighted by atomic mass is 35.5. The van der Waals surface area contributed by atoms with Crippen LogP contribution in [0.2, 0.25) is 5.15 Å². The minimum Gasteiger partial charge on any atom is -0.382 e. The van der Waals surface area contributed by atoms with Crippen LogP contribution in [0.3, 0.4) is 0 Å². The van der Waals surface area contributed by atoms with Gasteiger partial charge in [-0.05, 0) is 18.4 Å². The summed E-state index contributed by atoms with van der Waals surface area (Å²) >= 11 is 5.84. The zero-order chi connectivity index (χ0) is 22.7. The molecule has 3 heterocycles. The van der Waals surface area contributed by atoms with E-state index in [1.54, 1.807) is 4.90 Å². The van der Waals surface area contributed by atoms with E-state index in [1.807, 2.05) is 30.3 Å². The van der Waals surface area contributed by atoms with Gasteiger partial charge in [0.25, 0.3) is 0 Å². The molecule has 2 aliphatic heterocycles. The molecule has 3 amide bonds. The first-order valence-electron chi connectivity index (χ1n) is 10.2. The summed E-state index contributed by atoms with van der Waals surface area (Å²) in [4.78, 5) is 38.5. The summed E-state index contributed by atoms with van der Waals surface area (Å²) in [6.45, 7) is 2.24. The number of nitrogen functional groups attached to an aromatic ring is 2. The molecular formula is C20H24ClN9O2. The molecule has 2 aliphatic rings. The normalized spacial score (nSPS) is 18.3. The van der Waals surface area contributed by atoms with Gasteiger partial charge in [-0.2, -0.15) is 4.99 Å². The standard InChI is InChI=1S/C20H24ClN9O2/c21-14-16(23)27-15(22)13(26-14)17(31)28-18-25-11-20(29-18)6-8-30(9-7-20)19(32)24-10-12-4-2-1-3-5-12/h1-5H,6-11H2,(H,24,32)(H4,22,23,27)(H2,25,28,29,31). The predicted octanol–water partition coefficient (Wildman–Crippen LogP) is 0.728. The number of nitrogens with one attached hydrogen (secondary N) is 3.